The number of imidazole rings is 1. The number of aryl methyl sites for hydroxylation is 2. The standard InChI is InChI=1S/C22H17N3O2S2/c1-13-3-5-15(6-4-13)22-24-18-9-7-16(11-20(18)25-22)29(26,27)17-8-10-19-21(12-17)28-14(2)23-19/h3-12H,1-2H3,(H,24,25). The molecule has 0 aliphatic carbocycles. The maximum atomic E-state index is 13.2. The number of thiazole rings is 1. The van der Waals surface area contributed by atoms with E-state index in [1.54, 1.807) is 36.4 Å². The van der Waals surface area contributed by atoms with E-state index in [0.717, 1.165) is 32.1 Å². The molecule has 0 amide bonds. The summed E-state index contributed by atoms with van der Waals surface area (Å²) in [7, 11) is -3.64. The number of fused-ring (bicyclic) bond motifs is 2. The molecule has 5 aromatic rings. The van der Waals surface area contributed by atoms with Gasteiger partial charge >= 0.3 is 0 Å². The summed E-state index contributed by atoms with van der Waals surface area (Å²) >= 11 is 1.49. The van der Waals surface area contributed by atoms with Gasteiger partial charge in [-0.05, 0) is 50.2 Å². The topological polar surface area (TPSA) is 75.7 Å². The molecule has 5 nitrogen and oxygen atoms in total. The Morgan fingerprint density at radius 1 is 0.828 bits per heavy atom. The van der Waals surface area contributed by atoms with Crippen LogP contribution in [0.25, 0.3) is 32.6 Å². The molecule has 0 atom stereocenters. The van der Waals surface area contributed by atoms with Crippen LogP contribution in [0.5, 0.6) is 0 Å². The Morgan fingerprint density at radius 2 is 1.52 bits per heavy atom. The molecule has 0 aliphatic rings. The average Bonchev–Trinajstić information content (AvgIpc) is 3.29. The summed E-state index contributed by atoms with van der Waals surface area (Å²) in [6.45, 7) is 3.95. The molecule has 1 N–H and O–H groups in total. The fourth-order valence-electron chi connectivity index (χ4n) is 3.33. The highest BCUT2D eigenvalue weighted by atomic mass is 32.2. The van der Waals surface area contributed by atoms with Crippen molar-refractivity contribution >= 4 is 42.4 Å². The van der Waals surface area contributed by atoms with E-state index in [4.69, 9.17) is 0 Å². The lowest BCUT2D eigenvalue weighted by Gasteiger charge is -2.04. The molecule has 0 spiro atoms. The number of nitrogens with zero attached hydrogens (tertiary/aromatic N) is 2. The van der Waals surface area contributed by atoms with Crippen LogP contribution in [0.1, 0.15) is 10.6 Å². The van der Waals surface area contributed by atoms with Crippen LogP contribution in [-0.2, 0) is 9.84 Å². The first-order valence-electron chi connectivity index (χ1n) is 9.09. The fraction of sp³-hybridized carbons (Fsp3) is 0.0909. The van der Waals surface area contributed by atoms with E-state index in [0.29, 0.717) is 5.52 Å². The molecule has 0 saturated heterocycles. The number of hydrogen-bond donors (Lipinski definition) is 1. The summed E-state index contributed by atoms with van der Waals surface area (Å²) < 4.78 is 27.3. The summed E-state index contributed by atoms with van der Waals surface area (Å²) in [5, 5.41) is 0.914. The zero-order valence-corrected chi connectivity index (χ0v) is 17.4. The fourth-order valence-corrected chi connectivity index (χ4v) is 5.58. The van der Waals surface area contributed by atoms with Gasteiger partial charge in [0.1, 0.15) is 5.82 Å². The van der Waals surface area contributed by atoms with E-state index in [1.807, 2.05) is 38.1 Å². The normalized spacial score (nSPS) is 12.1. The van der Waals surface area contributed by atoms with Crippen LogP contribution in [0.2, 0.25) is 0 Å². The first kappa shape index (κ1) is 18.0. The Balaban J connectivity index is 1.58. The van der Waals surface area contributed by atoms with Crippen molar-refractivity contribution in [1.82, 2.24) is 15.0 Å². The molecule has 0 aliphatic heterocycles. The van der Waals surface area contributed by atoms with Gasteiger partial charge in [-0.3, -0.25) is 0 Å². The second kappa shape index (κ2) is 6.50. The molecule has 0 radical (unpaired) electrons. The van der Waals surface area contributed by atoms with Gasteiger partial charge < -0.3 is 4.98 Å². The summed E-state index contributed by atoms with van der Waals surface area (Å²) in [5.74, 6) is 0.719. The molecule has 2 aromatic heterocycles. The molecule has 3 aromatic carbocycles. The summed E-state index contributed by atoms with van der Waals surface area (Å²) in [6, 6.07) is 18.1. The lowest BCUT2D eigenvalue weighted by atomic mass is 10.1. The van der Waals surface area contributed by atoms with Gasteiger partial charge in [-0.2, -0.15) is 0 Å². The van der Waals surface area contributed by atoms with Crippen LogP contribution in [0.15, 0.2) is 70.5 Å². The van der Waals surface area contributed by atoms with Gasteiger partial charge in [-0.1, -0.05) is 29.8 Å². The maximum Gasteiger partial charge on any atom is 0.206 e. The monoisotopic (exact) mass is 419 g/mol. The van der Waals surface area contributed by atoms with Crippen molar-refractivity contribution in [3.05, 3.63) is 71.2 Å². The zero-order valence-electron chi connectivity index (χ0n) is 15.8. The van der Waals surface area contributed by atoms with Crippen molar-refractivity contribution in [2.75, 3.05) is 0 Å². The number of rotatable bonds is 3. The molecule has 144 valence electrons. The van der Waals surface area contributed by atoms with Gasteiger partial charge in [0.2, 0.25) is 9.84 Å². The molecule has 0 saturated carbocycles. The van der Waals surface area contributed by atoms with Crippen molar-refractivity contribution in [1.29, 1.82) is 0 Å². The Kier molecular flexibility index (Phi) is 4.04. The Hall–Kier alpha value is -3.03. The van der Waals surface area contributed by atoms with Crippen LogP contribution < -0.4 is 0 Å². The number of aromatic nitrogens is 3. The lowest BCUT2D eigenvalue weighted by molar-refractivity contribution is 0.596. The van der Waals surface area contributed by atoms with Gasteiger partial charge in [-0.15, -0.1) is 11.3 Å². The molecule has 0 unspecified atom stereocenters. The average molecular weight is 420 g/mol. The highest BCUT2D eigenvalue weighted by Crippen LogP contribution is 2.30. The number of aromatic amines is 1. The molecule has 5 rings (SSSR count). The number of H-pyrrole nitrogens is 1. The smallest absolute Gasteiger partial charge is 0.206 e. The number of benzene rings is 3. The van der Waals surface area contributed by atoms with Crippen LogP contribution in [0.4, 0.5) is 0 Å². The largest absolute Gasteiger partial charge is 0.338 e. The molecule has 2 heterocycles. The third-order valence-electron chi connectivity index (χ3n) is 4.87. The Morgan fingerprint density at radius 3 is 2.28 bits per heavy atom. The SMILES string of the molecule is Cc1ccc(-c2nc3ccc(S(=O)(=O)c4ccc5nc(C)sc5c4)cc3[nH]2)cc1. The predicted octanol–water partition coefficient (Wildman–Crippen LogP) is 5.29. The quantitative estimate of drug-likeness (QED) is 0.431. The van der Waals surface area contributed by atoms with Gasteiger partial charge in [0.05, 0.1) is 36.0 Å². The molecule has 29 heavy (non-hydrogen) atoms. The van der Waals surface area contributed by atoms with E-state index in [1.165, 1.54) is 16.9 Å². The second-order valence-electron chi connectivity index (χ2n) is 7.00. The molecular formula is C22H17N3O2S2. The van der Waals surface area contributed by atoms with E-state index < -0.39 is 9.84 Å². The van der Waals surface area contributed by atoms with Crippen molar-refractivity contribution in [3.63, 3.8) is 0 Å². The third-order valence-corrected chi connectivity index (χ3v) is 7.55. The Bertz CT molecular complexity index is 1480. The first-order chi connectivity index (χ1) is 13.9. The van der Waals surface area contributed by atoms with E-state index >= 15 is 0 Å². The first-order valence-corrected chi connectivity index (χ1v) is 11.4. The maximum absolute atomic E-state index is 13.2. The van der Waals surface area contributed by atoms with Crippen LogP contribution in [-0.4, -0.2) is 23.4 Å². The summed E-state index contributed by atoms with van der Waals surface area (Å²) in [5.41, 5.74) is 4.37. The minimum Gasteiger partial charge on any atom is -0.338 e. The van der Waals surface area contributed by atoms with Gasteiger partial charge in [0.15, 0.2) is 0 Å². The van der Waals surface area contributed by atoms with Crippen molar-refractivity contribution in [2.45, 2.75) is 23.6 Å². The van der Waals surface area contributed by atoms with Crippen LogP contribution >= 0.6 is 11.3 Å². The van der Waals surface area contributed by atoms with Gasteiger partial charge in [-0.25, -0.2) is 18.4 Å². The summed E-state index contributed by atoms with van der Waals surface area (Å²) in [4.78, 5) is 12.7. The van der Waals surface area contributed by atoms with Gasteiger partial charge in [0.25, 0.3) is 0 Å². The minimum atomic E-state index is -3.64. The van der Waals surface area contributed by atoms with Crippen LogP contribution in [0.3, 0.4) is 0 Å². The highest BCUT2D eigenvalue weighted by Gasteiger charge is 2.20. The third kappa shape index (κ3) is 3.12. The second-order valence-corrected chi connectivity index (χ2v) is 10.2. The summed E-state index contributed by atoms with van der Waals surface area (Å²) in [6.07, 6.45) is 0. The minimum absolute atomic E-state index is 0.240. The van der Waals surface area contributed by atoms with E-state index in [2.05, 4.69) is 15.0 Å². The Labute approximate surface area is 172 Å². The molecule has 0 fully saturated rings. The number of sulfone groups is 1. The van der Waals surface area contributed by atoms with Crippen molar-refractivity contribution < 1.29 is 8.42 Å². The van der Waals surface area contributed by atoms with Crippen LogP contribution in [0, 0.1) is 13.8 Å². The number of hydrogen-bond acceptors (Lipinski definition) is 5. The van der Waals surface area contributed by atoms with Gasteiger partial charge in [0, 0.05) is 5.56 Å². The zero-order chi connectivity index (χ0) is 20.2. The molecular weight excluding hydrogens is 402 g/mol. The molecule has 0 bridgehead atoms. The van der Waals surface area contributed by atoms with Crippen molar-refractivity contribution in [2.24, 2.45) is 0 Å². The number of nitrogens with one attached hydrogen (secondary N) is 1. The highest BCUT2D eigenvalue weighted by molar-refractivity contribution is 7.91. The predicted molar refractivity (Wildman–Crippen MR) is 116 cm³/mol. The molecule has 7 heteroatoms. The van der Waals surface area contributed by atoms with E-state index in [9.17, 15) is 8.42 Å². The lowest BCUT2D eigenvalue weighted by Crippen LogP contribution is -2.01. The van der Waals surface area contributed by atoms with E-state index in [-0.39, 0.29) is 9.79 Å². The van der Waals surface area contributed by atoms with Crippen molar-refractivity contribution in [3.8, 4) is 11.4 Å².